The molecule has 2 aromatic carbocycles. The van der Waals surface area contributed by atoms with Crippen molar-refractivity contribution in [2.45, 2.75) is 12.1 Å². The molecule has 5 rings (SSSR count). The summed E-state index contributed by atoms with van der Waals surface area (Å²) in [5.74, 6) is 0.232. The highest BCUT2D eigenvalue weighted by atomic mass is 35.5. The molecule has 2 N–H and O–H groups in total. The van der Waals surface area contributed by atoms with Crippen molar-refractivity contribution in [3.05, 3.63) is 108 Å². The lowest BCUT2D eigenvalue weighted by molar-refractivity contribution is 0.475. The number of hydrogen-bond acceptors (Lipinski definition) is 3. The molecule has 1 saturated heterocycles. The number of rotatable bonds is 4. The largest absolute Gasteiger partial charge is 0.508 e. The standard InChI is InChI=1S/C24H19ClN4OS/c25-16-6-8-18(9-7-16)29-23(22(27-24(29)31)20-4-1-2-14-26-20)21-5-3-15-28(21)17-10-12-19(30)13-11-17/h1-15,22-23,30H,(H,27,31). The van der Waals surface area contributed by atoms with Crippen molar-refractivity contribution in [1.29, 1.82) is 0 Å². The Morgan fingerprint density at radius 3 is 2.35 bits per heavy atom. The van der Waals surface area contributed by atoms with E-state index in [0.29, 0.717) is 10.1 Å². The first kappa shape index (κ1) is 19.6. The number of nitrogens with zero attached hydrogens (tertiary/aromatic N) is 3. The highest BCUT2D eigenvalue weighted by Gasteiger charge is 2.42. The van der Waals surface area contributed by atoms with E-state index < -0.39 is 0 Å². The number of aromatic nitrogens is 2. The van der Waals surface area contributed by atoms with Crippen LogP contribution in [-0.2, 0) is 0 Å². The predicted octanol–water partition coefficient (Wildman–Crippen LogP) is 5.41. The van der Waals surface area contributed by atoms with Gasteiger partial charge < -0.3 is 19.9 Å². The minimum absolute atomic E-state index is 0.143. The molecule has 0 spiro atoms. The Kier molecular flexibility index (Phi) is 5.10. The van der Waals surface area contributed by atoms with Crippen LogP contribution in [0.15, 0.2) is 91.3 Å². The molecule has 7 heteroatoms. The average molecular weight is 447 g/mol. The first-order valence-electron chi connectivity index (χ1n) is 9.85. The SMILES string of the molecule is Oc1ccc(-n2cccc2C2C(c3ccccn3)NC(=S)N2c2ccc(Cl)cc2)cc1. The third kappa shape index (κ3) is 3.65. The van der Waals surface area contributed by atoms with Gasteiger partial charge in [0.15, 0.2) is 5.11 Å². The highest BCUT2D eigenvalue weighted by Crippen LogP contribution is 2.42. The van der Waals surface area contributed by atoms with Crippen LogP contribution in [0, 0.1) is 0 Å². The van der Waals surface area contributed by atoms with Gasteiger partial charge in [-0.1, -0.05) is 17.7 Å². The summed E-state index contributed by atoms with van der Waals surface area (Å²) in [4.78, 5) is 6.71. The molecule has 2 atom stereocenters. The molecule has 0 bridgehead atoms. The van der Waals surface area contributed by atoms with Gasteiger partial charge in [0.2, 0.25) is 0 Å². The Morgan fingerprint density at radius 2 is 1.65 bits per heavy atom. The summed E-state index contributed by atoms with van der Waals surface area (Å²) in [7, 11) is 0. The third-order valence-electron chi connectivity index (χ3n) is 5.41. The van der Waals surface area contributed by atoms with Gasteiger partial charge in [-0.15, -0.1) is 0 Å². The molecular weight excluding hydrogens is 428 g/mol. The van der Waals surface area contributed by atoms with E-state index in [1.54, 1.807) is 18.3 Å². The van der Waals surface area contributed by atoms with E-state index >= 15 is 0 Å². The molecular formula is C24H19ClN4OS. The maximum Gasteiger partial charge on any atom is 0.174 e. The lowest BCUT2D eigenvalue weighted by Gasteiger charge is -2.29. The van der Waals surface area contributed by atoms with Gasteiger partial charge in [-0.25, -0.2) is 0 Å². The third-order valence-corrected chi connectivity index (χ3v) is 5.98. The number of anilines is 1. The van der Waals surface area contributed by atoms with E-state index in [1.807, 2.05) is 66.9 Å². The maximum absolute atomic E-state index is 9.71. The summed E-state index contributed by atoms with van der Waals surface area (Å²) in [5, 5.41) is 14.5. The van der Waals surface area contributed by atoms with Gasteiger partial charge in [-0.05, 0) is 85.0 Å². The Hall–Kier alpha value is -3.35. The highest BCUT2D eigenvalue weighted by molar-refractivity contribution is 7.80. The number of thiocarbonyl (C=S) groups is 1. The van der Waals surface area contributed by atoms with E-state index in [4.69, 9.17) is 23.8 Å². The van der Waals surface area contributed by atoms with E-state index in [0.717, 1.165) is 22.8 Å². The van der Waals surface area contributed by atoms with Crippen molar-refractivity contribution >= 4 is 34.6 Å². The lowest BCUT2D eigenvalue weighted by atomic mass is 10.0. The van der Waals surface area contributed by atoms with E-state index in [1.165, 1.54) is 0 Å². The van der Waals surface area contributed by atoms with Crippen LogP contribution < -0.4 is 10.2 Å². The molecule has 0 saturated carbocycles. The van der Waals surface area contributed by atoms with Crippen LogP contribution in [0.25, 0.3) is 5.69 Å². The molecule has 2 aromatic heterocycles. The molecule has 0 amide bonds. The topological polar surface area (TPSA) is 53.3 Å². The van der Waals surface area contributed by atoms with Crippen LogP contribution in [0.2, 0.25) is 5.02 Å². The van der Waals surface area contributed by atoms with Crippen LogP contribution in [0.4, 0.5) is 5.69 Å². The van der Waals surface area contributed by atoms with Crippen molar-refractivity contribution in [1.82, 2.24) is 14.9 Å². The molecule has 2 unspecified atom stereocenters. The number of hydrogen-bond donors (Lipinski definition) is 2. The fourth-order valence-electron chi connectivity index (χ4n) is 4.02. The van der Waals surface area contributed by atoms with E-state index in [-0.39, 0.29) is 17.8 Å². The van der Waals surface area contributed by atoms with Crippen LogP contribution >= 0.6 is 23.8 Å². The van der Waals surface area contributed by atoms with Gasteiger partial charge >= 0.3 is 0 Å². The first-order chi connectivity index (χ1) is 15.1. The van der Waals surface area contributed by atoms with Crippen molar-refractivity contribution in [3.8, 4) is 11.4 Å². The maximum atomic E-state index is 9.71. The Bertz CT molecular complexity index is 1210. The predicted molar refractivity (Wildman–Crippen MR) is 127 cm³/mol. The summed E-state index contributed by atoms with van der Waals surface area (Å²) in [6, 6.07) is 24.5. The molecule has 31 heavy (non-hydrogen) atoms. The fraction of sp³-hybridized carbons (Fsp3) is 0.0833. The van der Waals surface area contributed by atoms with Crippen molar-refractivity contribution in [3.63, 3.8) is 0 Å². The number of phenolic OH excluding ortho intramolecular Hbond substituents is 1. The van der Waals surface area contributed by atoms with Gasteiger partial charge in [0, 0.05) is 34.5 Å². The van der Waals surface area contributed by atoms with E-state index in [9.17, 15) is 5.11 Å². The molecule has 3 heterocycles. The van der Waals surface area contributed by atoms with Crippen molar-refractivity contribution in [2.75, 3.05) is 4.90 Å². The molecule has 0 radical (unpaired) electrons. The van der Waals surface area contributed by atoms with Gasteiger partial charge in [0.1, 0.15) is 11.8 Å². The number of halogens is 1. The van der Waals surface area contributed by atoms with Gasteiger partial charge in [0.05, 0.1) is 11.7 Å². The minimum atomic E-state index is -0.146. The summed E-state index contributed by atoms with van der Waals surface area (Å²) in [6.07, 6.45) is 3.81. The average Bonchev–Trinajstić information content (AvgIpc) is 3.40. The number of phenols is 1. The van der Waals surface area contributed by atoms with Gasteiger partial charge in [-0.3, -0.25) is 4.98 Å². The van der Waals surface area contributed by atoms with Crippen LogP contribution in [0.1, 0.15) is 23.5 Å². The van der Waals surface area contributed by atoms with Gasteiger partial charge in [0.25, 0.3) is 0 Å². The molecule has 1 aliphatic heterocycles. The summed E-state index contributed by atoms with van der Waals surface area (Å²) < 4.78 is 2.11. The van der Waals surface area contributed by atoms with Crippen LogP contribution in [0.3, 0.4) is 0 Å². The first-order valence-corrected chi connectivity index (χ1v) is 10.6. The Morgan fingerprint density at radius 1 is 0.903 bits per heavy atom. The molecule has 0 aliphatic carbocycles. The van der Waals surface area contributed by atoms with Crippen molar-refractivity contribution < 1.29 is 5.11 Å². The zero-order valence-electron chi connectivity index (χ0n) is 16.4. The molecule has 1 aliphatic rings. The van der Waals surface area contributed by atoms with E-state index in [2.05, 4.69) is 25.8 Å². The summed E-state index contributed by atoms with van der Waals surface area (Å²) in [6.45, 7) is 0. The van der Waals surface area contributed by atoms with Crippen molar-refractivity contribution in [2.24, 2.45) is 0 Å². The minimum Gasteiger partial charge on any atom is -0.508 e. The number of nitrogens with one attached hydrogen (secondary N) is 1. The second-order valence-corrected chi connectivity index (χ2v) is 8.12. The molecule has 154 valence electrons. The quantitative estimate of drug-likeness (QED) is 0.410. The fourth-order valence-corrected chi connectivity index (χ4v) is 4.49. The monoisotopic (exact) mass is 446 g/mol. The normalized spacial score (nSPS) is 18.2. The molecule has 5 nitrogen and oxygen atoms in total. The van der Waals surface area contributed by atoms with Crippen LogP contribution in [0.5, 0.6) is 5.75 Å². The second-order valence-electron chi connectivity index (χ2n) is 7.29. The molecule has 1 fully saturated rings. The number of pyridine rings is 1. The molecule has 4 aromatic rings. The Labute approximate surface area is 190 Å². The zero-order chi connectivity index (χ0) is 21.4. The summed E-state index contributed by atoms with van der Waals surface area (Å²) in [5.41, 5.74) is 3.85. The van der Waals surface area contributed by atoms with Gasteiger partial charge in [-0.2, -0.15) is 0 Å². The summed E-state index contributed by atoms with van der Waals surface area (Å²) >= 11 is 11.9. The smallest absolute Gasteiger partial charge is 0.174 e. The Balaban J connectivity index is 1.66. The van der Waals surface area contributed by atoms with Crippen LogP contribution in [-0.4, -0.2) is 19.8 Å². The second kappa shape index (κ2) is 8.06. The lowest BCUT2D eigenvalue weighted by Crippen LogP contribution is -2.30. The zero-order valence-corrected chi connectivity index (χ0v) is 18.0. The number of benzene rings is 2. The number of aromatic hydroxyl groups is 1.